The molecule has 0 aromatic carbocycles. The molecule has 0 aliphatic rings. The molecule has 0 aliphatic heterocycles. The third-order valence-corrected chi connectivity index (χ3v) is 7.82. The zero-order valence-corrected chi connectivity index (χ0v) is 28.6. The van der Waals surface area contributed by atoms with Crippen molar-refractivity contribution in [2.45, 2.75) is 141 Å². The number of imide groups is 1. The molecule has 10 nitrogen and oxygen atoms in total. The van der Waals surface area contributed by atoms with Crippen molar-refractivity contribution in [3.63, 3.8) is 0 Å². The van der Waals surface area contributed by atoms with Crippen LogP contribution in [-0.2, 0) is 14.4 Å². The molecule has 0 heterocycles. The van der Waals surface area contributed by atoms with Crippen LogP contribution in [0.15, 0.2) is 24.3 Å². The molecular weight excluding hydrogens is 566 g/mol. The van der Waals surface area contributed by atoms with Crippen LogP contribution in [0.25, 0.3) is 0 Å². The third kappa shape index (κ3) is 24.8. The molecule has 2 atom stereocenters. The largest absolute Gasteiger partial charge is 0.343 e. The van der Waals surface area contributed by atoms with E-state index in [1.165, 1.54) is 30.6 Å². The number of rotatable bonds is 31. The molecule has 0 aliphatic carbocycles. The van der Waals surface area contributed by atoms with Gasteiger partial charge in [-0.3, -0.25) is 19.3 Å². The SMILES string of the molecule is CCCCC/C=C\C/C=C\CCCCCCCC(=O)N(CCCCNCCCN)C(=O)[C@H](CCCN)NC(=O)[C@@H](N)CCCN. The van der Waals surface area contributed by atoms with E-state index in [9.17, 15) is 14.4 Å². The van der Waals surface area contributed by atoms with Gasteiger partial charge in [0.25, 0.3) is 5.91 Å². The lowest BCUT2D eigenvalue weighted by Crippen LogP contribution is -2.54. The van der Waals surface area contributed by atoms with Gasteiger partial charge >= 0.3 is 0 Å². The van der Waals surface area contributed by atoms with E-state index in [1.54, 1.807) is 0 Å². The van der Waals surface area contributed by atoms with Crippen LogP contribution in [0.1, 0.15) is 129 Å². The van der Waals surface area contributed by atoms with Crippen molar-refractivity contribution in [1.82, 2.24) is 15.5 Å². The first kappa shape index (κ1) is 42.9. The maximum Gasteiger partial charge on any atom is 0.251 e. The van der Waals surface area contributed by atoms with E-state index in [-0.39, 0.29) is 11.8 Å². The molecule has 0 unspecified atom stereocenters. The summed E-state index contributed by atoms with van der Waals surface area (Å²) in [6.07, 6.45) is 25.9. The second kappa shape index (κ2) is 31.9. The number of amides is 3. The highest BCUT2D eigenvalue weighted by Gasteiger charge is 2.30. The highest BCUT2D eigenvalue weighted by atomic mass is 16.2. The lowest BCUT2D eigenvalue weighted by atomic mass is 10.1. The Morgan fingerprint density at radius 3 is 1.96 bits per heavy atom. The molecule has 0 spiro atoms. The number of nitrogens with zero attached hydrogens (tertiary/aromatic N) is 1. The summed E-state index contributed by atoms with van der Waals surface area (Å²) < 4.78 is 0. The van der Waals surface area contributed by atoms with Crippen LogP contribution < -0.4 is 33.6 Å². The quantitative estimate of drug-likeness (QED) is 0.0485. The maximum absolute atomic E-state index is 13.7. The molecule has 0 bridgehead atoms. The van der Waals surface area contributed by atoms with E-state index >= 15 is 0 Å². The first-order valence-electron chi connectivity index (χ1n) is 17.9. The average Bonchev–Trinajstić information content (AvgIpc) is 3.04. The van der Waals surface area contributed by atoms with E-state index in [0.29, 0.717) is 64.7 Å². The Bertz CT molecular complexity index is 791. The second-order valence-electron chi connectivity index (χ2n) is 12.0. The van der Waals surface area contributed by atoms with Gasteiger partial charge in [-0.2, -0.15) is 0 Å². The molecule has 0 saturated heterocycles. The number of hydrogen-bond donors (Lipinski definition) is 6. The fourth-order valence-electron chi connectivity index (χ4n) is 4.97. The number of nitrogens with two attached hydrogens (primary N) is 4. The molecule has 10 heteroatoms. The van der Waals surface area contributed by atoms with Gasteiger partial charge < -0.3 is 33.6 Å². The highest BCUT2D eigenvalue weighted by Crippen LogP contribution is 2.13. The van der Waals surface area contributed by atoms with Crippen LogP contribution in [0.2, 0.25) is 0 Å². The Labute approximate surface area is 274 Å². The van der Waals surface area contributed by atoms with Crippen molar-refractivity contribution in [3.8, 4) is 0 Å². The van der Waals surface area contributed by atoms with Crippen molar-refractivity contribution >= 4 is 17.7 Å². The number of carbonyl (C=O) groups excluding carboxylic acids is 3. The number of allylic oxidation sites excluding steroid dienone is 4. The summed E-state index contributed by atoms with van der Waals surface area (Å²) in [5.74, 6) is -0.947. The van der Waals surface area contributed by atoms with Gasteiger partial charge in [-0.05, 0) is 116 Å². The summed E-state index contributed by atoms with van der Waals surface area (Å²) in [5, 5.41) is 6.14. The highest BCUT2D eigenvalue weighted by molar-refractivity contribution is 5.99. The number of carbonyl (C=O) groups is 3. The predicted octanol–water partition coefficient (Wildman–Crippen LogP) is 4.16. The summed E-state index contributed by atoms with van der Waals surface area (Å²) in [6.45, 7) is 5.66. The van der Waals surface area contributed by atoms with Crippen LogP contribution in [0, 0.1) is 0 Å². The first-order valence-corrected chi connectivity index (χ1v) is 17.9. The minimum absolute atomic E-state index is 0.179. The lowest BCUT2D eigenvalue weighted by Gasteiger charge is -2.27. The molecule has 0 saturated carbocycles. The molecule has 0 radical (unpaired) electrons. The van der Waals surface area contributed by atoms with Crippen molar-refractivity contribution in [1.29, 1.82) is 0 Å². The monoisotopic (exact) mass is 636 g/mol. The fraction of sp³-hybridized carbons (Fsp3) is 0.800. The summed E-state index contributed by atoms with van der Waals surface area (Å²) in [5.41, 5.74) is 22.9. The summed E-state index contributed by atoms with van der Waals surface area (Å²) in [4.78, 5) is 41.1. The Morgan fingerprint density at radius 1 is 0.689 bits per heavy atom. The molecule has 0 aromatic heterocycles. The molecule has 3 amide bonds. The van der Waals surface area contributed by atoms with Crippen molar-refractivity contribution < 1.29 is 14.4 Å². The zero-order valence-electron chi connectivity index (χ0n) is 28.6. The number of hydrogen-bond acceptors (Lipinski definition) is 8. The van der Waals surface area contributed by atoms with Crippen molar-refractivity contribution in [2.24, 2.45) is 22.9 Å². The molecule has 0 aromatic rings. The normalized spacial score (nSPS) is 13.0. The van der Waals surface area contributed by atoms with Gasteiger partial charge in [-0.15, -0.1) is 0 Å². The lowest BCUT2D eigenvalue weighted by molar-refractivity contribution is -0.147. The molecule has 0 rings (SSSR count). The predicted molar refractivity (Wildman–Crippen MR) is 188 cm³/mol. The minimum atomic E-state index is -0.832. The smallest absolute Gasteiger partial charge is 0.251 e. The summed E-state index contributed by atoms with van der Waals surface area (Å²) in [6, 6.07) is -1.58. The summed E-state index contributed by atoms with van der Waals surface area (Å²) in [7, 11) is 0. The molecule has 0 fully saturated rings. The van der Waals surface area contributed by atoms with Crippen molar-refractivity contribution in [2.75, 3.05) is 39.3 Å². The Kier molecular flexibility index (Phi) is 30.4. The third-order valence-electron chi connectivity index (χ3n) is 7.82. The van der Waals surface area contributed by atoms with E-state index in [2.05, 4.69) is 41.9 Å². The van der Waals surface area contributed by atoms with E-state index in [1.807, 2.05) is 0 Å². The van der Waals surface area contributed by atoms with Gasteiger partial charge in [-0.1, -0.05) is 63.3 Å². The molecule has 45 heavy (non-hydrogen) atoms. The van der Waals surface area contributed by atoms with Crippen LogP contribution in [-0.4, -0.2) is 74.0 Å². The van der Waals surface area contributed by atoms with Crippen LogP contribution in [0.5, 0.6) is 0 Å². The van der Waals surface area contributed by atoms with Gasteiger partial charge in [0.15, 0.2) is 0 Å². The Hall–Kier alpha value is -2.11. The zero-order chi connectivity index (χ0) is 33.4. The Balaban J connectivity index is 4.85. The fourth-order valence-corrected chi connectivity index (χ4v) is 4.97. The van der Waals surface area contributed by atoms with Gasteiger partial charge in [0, 0.05) is 13.0 Å². The van der Waals surface area contributed by atoms with Crippen LogP contribution >= 0.6 is 0 Å². The van der Waals surface area contributed by atoms with Gasteiger partial charge in [-0.25, -0.2) is 0 Å². The molecular formula is C35H69N7O3. The summed E-state index contributed by atoms with van der Waals surface area (Å²) >= 11 is 0. The first-order chi connectivity index (χ1) is 21.9. The van der Waals surface area contributed by atoms with E-state index in [0.717, 1.165) is 70.9 Å². The molecule has 10 N–H and O–H groups in total. The second-order valence-corrected chi connectivity index (χ2v) is 12.0. The average molecular weight is 636 g/mol. The van der Waals surface area contributed by atoms with Gasteiger partial charge in [0.05, 0.1) is 6.04 Å². The van der Waals surface area contributed by atoms with Crippen LogP contribution in [0.4, 0.5) is 0 Å². The maximum atomic E-state index is 13.7. The molecule has 262 valence electrons. The van der Waals surface area contributed by atoms with Crippen LogP contribution in [0.3, 0.4) is 0 Å². The van der Waals surface area contributed by atoms with Crippen molar-refractivity contribution in [3.05, 3.63) is 24.3 Å². The van der Waals surface area contributed by atoms with Gasteiger partial charge in [0.1, 0.15) is 6.04 Å². The Morgan fingerprint density at radius 2 is 1.29 bits per heavy atom. The topological polar surface area (TPSA) is 183 Å². The standard InChI is InChI=1S/C35H69N7O3/c1-2-3-4-5-6-7-8-9-10-11-12-13-14-15-16-24-33(43)42(30-18-17-28-40-29-21-27-38)35(45)32(23-20-26-37)41-34(44)31(39)22-19-25-36/h6-7,9-10,31-32,40H,2-5,8,11-30,36-39H2,1H3,(H,41,44)/b7-6-,10-9-/t31-,32-/m0/s1. The van der Waals surface area contributed by atoms with E-state index < -0.39 is 18.0 Å². The number of unbranched alkanes of at least 4 members (excludes halogenated alkanes) is 9. The number of nitrogens with one attached hydrogen (secondary N) is 2. The minimum Gasteiger partial charge on any atom is -0.343 e. The van der Waals surface area contributed by atoms with Gasteiger partial charge in [0.2, 0.25) is 11.8 Å². The van der Waals surface area contributed by atoms with E-state index in [4.69, 9.17) is 22.9 Å².